The number of hydrogen-bond donors (Lipinski definition) is 0. The van der Waals surface area contributed by atoms with E-state index in [0.29, 0.717) is 26.1 Å². The van der Waals surface area contributed by atoms with Gasteiger partial charge in [0, 0.05) is 37.9 Å². The maximum absolute atomic E-state index is 13.4. The number of carbonyl (C=O) groups excluding carboxylic acids is 2. The first-order chi connectivity index (χ1) is 15.6. The molecule has 2 rings (SSSR count). The Morgan fingerprint density at radius 3 is 2.33 bits per heavy atom. The Morgan fingerprint density at radius 2 is 1.70 bits per heavy atom. The quantitative estimate of drug-likeness (QED) is 0.417. The van der Waals surface area contributed by atoms with Crippen molar-refractivity contribution < 1.29 is 9.59 Å². The lowest BCUT2D eigenvalue weighted by atomic mass is 9.91. The Kier molecular flexibility index (Phi) is 10.2. The van der Waals surface area contributed by atoms with Crippen LogP contribution in [-0.4, -0.2) is 45.8 Å². The summed E-state index contributed by atoms with van der Waals surface area (Å²) in [7, 11) is 0. The predicted molar refractivity (Wildman–Crippen MR) is 136 cm³/mol. The molecule has 0 spiro atoms. The maximum atomic E-state index is 13.4. The molecule has 0 aliphatic carbocycles. The standard InChI is InChI=1S/C28H43N3O2/c1-7-9-16-31(27(33)22-30(15-8-2)26(32)19-28(4,5)6)21-25-14-11-17-29(25)20-24-13-10-12-23(3)18-24/h10-14,17-18H,7-9,15-16,19-22H2,1-6H3. The molecule has 5 nitrogen and oxygen atoms in total. The molecule has 2 amide bonds. The van der Waals surface area contributed by atoms with Crippen molar-refractivity contribution in [3.8, 4) is 0 Å². The second kappa shape index (κ2) is 12.6. The van der Waals surface area contributed by atoms with E-state index in [-0.39, 0.29) is 23.8 Å². The molecule has 5 heteroatoms. The highest BCUT2D eigenvalue weighted by atomic mass is 16.2. The molecule has 182 valence electrons. The van der Waals surface area contributed by atoms with Crippen LogP contribution in [-0.2, 0) is 22.7 Å². The number of aryl methyl sites for hydroxylation is 1. The normalized spacial score (nSPS) is 11.5. The molecule has 33 heavy (non-hydrogen) atoms. The van der Waals surface area contributed by atoms with E-state index >= 15 is 0 Å². The van der Waals surface area contributed by atoms with Gasteiger partial charge in [0.2, 0.25) is 11.8 Å². The Balaban J connectivity index is 2.14. The highest BCUT2D eigenvalue weighted by Gasteiger charge is 2.25. The molecule has 1 aromatic carbocycles. The second-order valence-electron chi connectivity index (χ2n) is 10.3. The first kappa shape index (κ1) is 26.7. The summed E-state index contributed by atoms with van der Waals surface area (Å²) < 4.78 is 2.22. The van der Waals surface area contributed by atoms with Gasteiger partial charge in [-0.2, -0.15) is 0 Å². The van der Waals surface area contributed by atoms with Gasteiger partial charge in [-0.05, 0) is 42.9 Å². The van der Waals surface area contributed by atoms with Crippen LogP contribution in [0.15, 0.2) is 42.6 Å². The van der Waals surface area contributed by atoms with Crippen molar-refractivity contribution in [3.05, 3.63) is 59.4 Å². The predicted octanol–water partition coefficient (Wildman–Crippen LogP) is 5.65. The summed E-state index contributed by atoms with van der Waals surface area (Å²) in [6.45, 7) is 15.3. The highest BCUT2D eigenvalue weighted by molar-refractivity contribution is 5.85. The van der Waals surface area contributed by atoms with Gasteiger partial charge in [-0.15, -0.1) is 0 Å². The summed E-state index contributed by atoms with van der Waals surface area (Å²) >= 11 is 0. The molecule has 1 heterocycles. The minimum atomic E-state index is -0.0926. The molecule has 0 radical (unpaired) electrons. The van der Waals surface area contributed by atoms with Crippen LogP contribution in [0.2, 0.25) is 0 Å². The molecule has 0 saturated heterocycles. The van der Waals surface area contributed by atoms with Crippen molar-refractivity contribution in [1.29, 1.82) is 0 Å². The third-order valence-electron chi connectivity index (χ3n) is 5.70. The van der Waals surface area contributed by atoms with E-state index < -0.39 is 0 Å². The van der Waals surface area contributed by atoms with Crippen LogP contribution < -0.4 is 0 Å². The lowest BCUT2D eigenvalue weighted by Gasteiger charge is -2.29. The number of amides is 2. The summed E-state index contributed by atoms with van der Waals surface area (Å²) in [5.41, 5.74) is 3.52. The molecule has 2 aromatic rings. The minimum absolute atomic E-state index is 0.0301. The van der Waals surface area contributed by atoms with Gasteiger partial charge in [-0.25, -0.2) is 0 Å². The lowest BCUT2D eigenvalue weighted by molar-refractivity contribution is -0.142. The molecule has 1 aromatic heterocycles. The zero-order chi connectivity index (χ0) is 24.4. The van der Waals surface area contributed by atoms with Crippen LogP contribution in [0.3, 0.4) is 0 Å². The van der Waals surface area contributed by atoms with Crippen molar-refractivity contribution in [1.82, 2.24) is 14.4 Å². The molecule has 0 aliphatic heterocycles. The van der Waals surface area contributed by atoms with Crippen molar-refractivity contribution >= 4 is 11.8 Å². The van der Waals surface area contributed by atoms with E-state index in [1.54, 1.807) is 4.90 Å². The average molecular weight is 454 g/mol. The van der Waals surface area contributed by atoms with Gasteiger partial charge in [0.25, 0.3) is 0 Å². The van der Waals surface area contributed by atoms with Gasteiger partial charge in [-0.1, -0.05) is 70.9 Å². The fraction of sp³-hybridized carbons (Fsp3) is 0.571. The van der Waals surface area contributed by atoms with Crippen LogP contribution in [0, 0.1) is 12.3 Å². The van der Waals surface area contributed by atoms with E-state index in [9.17, 15) is 9.59 Å². The second-order valence-corrected chi connectivity index (χ2v) is 10.3. The fourth-order valence-corrected chi connectivity index (χ4v) is 3.98. The van der Waals surface area contributed by atoms with Crippen LogP contribution >= 0.6 is 0 Å². The van der Waals surface area contributed by atoms with E-state index in [2.05, 4.69) is 82.6 Å². The molecule has 0 fully saturated rings. The third kappa shape index (κ3) is 9.07. The molecule has 0 atom stereocenters. The maximum Gasteiger partial charge on any atom is 0.242 e. The summed E-state index contributed by atoms with van der Waals surface area (Å²) in [4.78, 5) is 29.9. The van der Waals surface area contributed by atoms with E-state index in [1.807, 2.05) is 11.0 Å². The number of nitrogens with zero attached hydrogens (tertiary/aromatic N) is 3. The van der Waals surface area contributed by atoms with Gasteiger partial charge >= 0.3 is 0 Å². The molecular weight excluding hydrogens is 410 g/mol. The molecule has 0 aliphatic rings. The van der Waals surface area contributed by atoms with E-state index in [0.717, 1.165) is 31.5 Å². The number of carbonyl (C=O) groups is 2. The largest absolute Gasteiger partial charge is 0.345 e. The smallest absolute Gasteiger partial charge is 0.242 e. The Hall–Kier alpha value is -2.56. The van der Waals surface area contributed by atoms with Crippen molar-refractivity contribution in [2.45, 2.75) is 80.3 Å². The monoisotopic (exact) mass is 453 g/mol. The van der Waals surface area contributed by atoms with Crippen molar-refractivity contribution in [2.24, 2.45) is 5.41 Å². The Morgan fingerprint density at radius 1 is 0.939 bits per heavy atom. The summed E-state index contributed by atoms with van der Waals surface area (Å²) in [5, 5.41) is 0. The van der Waals surface area contributed by atoms with Crippen LogP contribution in [0.25, 0.3) is 0 Å². The summed E-state index contributed by atoms with van der Waals surface area (Å²) in [5.74, 6) is 0.0958. The van der Waals surface area contributed by atoms with Crippen molar-refractivity contribution in [2.75, 3.05) is 19.6 Å². The number of rotatable bonds is 12. The van der Waals surface area contributed by atoms with E-state index in [1.165, 1.54) is 11.1 Å². The number of unbranched alkanes of at least 4 members (excludes halogenated alkanes) is 1. The average Bonchev–Trinajstić information content (AvgIpc) is 3.15. The fourth-order valence-electron chi connectivity index (χ4n) is 3.98. The number of hydrogen-bond acceptors (Lipinski definition) is 2. The number of benzene rings is 1. The van der Waals surface area contributed by atoms with Gasteiger partial charge in [0.05, 0.1) is 13.1 Å². The van der Waals surface area contributed by atoms with Gasteiger partial charge in [0.15, 0.2) is 0 Å². The molecule has 0 bridgehead atoms. The lowest BCUT2D eigenvalue weighted by Crippen LogP contribution is -2.44. The first-order valence-corrected chi connectivity index (χ1v) is 12.4. The van der Waals surface area contributed by atoms with Gasteiger partial charge in [-0.3, -0.25) is 9.59 Å². The Labute approximate surface area is 200 Å². The first-order valence-electron chi connectivity index (χ1n) is 12.4. The van der Waals surface area contributed by atoms with Gasteiger partial charge in [0.1, 0.15) is 0 Å². The highest BCUT2D eigenvalue weighted by Crippen LogP contribution is 2.20. The molecule has 0 unspecified atom stereocenters. The zero-order valence-electron chi connectivity index (χ0n) is 21.6. The van der Waals surface area contributed by atoms with Gasteiger partial charge < -0.3 is 14.4 Å². The van der Waals surface area contributed by atoms with Crippen LogP contribution in [0.5, 0.6) is 0 Å². The van der Waals surface area contributed by atoms with Crippen LogP contribution in [0.1, 0.15) is 77.1 Å². The SMILES string of the molecule is CCCCN(Cc1cccn1Cc1cccc(C)c1)C(=O)CN(CCC)C(=O)CC(C)(C)C. The topological polar surface area (TPSA) is 45.6 Å². The van der Waals surface area contributed by atoms with E-state index in [4.69, 9.17) is 0 Å². The van der Waals surface area contributed by atoms with Crippen LogP contribution in [0.4, 0.5) is 0 Å². The number of aromatic nitrogens is 1. The van der Waals surface area contributed by atoms with Crippen molar-refractivity contribution in [3.63, 3.8) is 0 Å². The minimum Gasteiger partial charge on any atom is -0.345 e. The zero-order valence-corrected chi connectivity index (χ0v) is 21.6. The summed E-state index contributed by atoms with van der Waals surface area (Å²) in [6.07, 6.45) is 5.35. The molecule has 0 N–H and O–H groups in total. The molecular formula is C28H43N3O2. The Bertz CT molecular complexity index is 895. The third-order valence-corrected chi connectivity index (χ3v) is 5.70. The molecule has 0 saturated carbocycles. The summed E-state index contributed by atoms with van der Waals surface area (Å²) in [6, 6.07) is 12.7.